The van der Waals surface area contributed by atoms with Gasteiger partial charge in [-0.2, -0.15) is 0 Å². The molecule has 1 heterocycles. The van der Waals surface area contributed by atoms with Gasteiger partial charge in [-0.05, 0) is 19.3 Å². The zero-order valence-corrected chi connectivity index (χ0v) is 17.4. The quantitative estimate of drug-likeness (QED) is 0.193. The van der Waals surface area contributed by atoms with E-state index in [1.807, 2.05) is 0 Å². The first kappa shape index (κ1) is 23.5. The van der Waals surface area contributed by atoms with E-state index in [-0.39, 0.29) is 12.1 Å². The molecule has 3 nitrogen and oxygen atoms in total. The predicted molar refractivity (Wildman–Crippen MR) is 109 cm³/mol. The molecule has 0 amide bonds. The fraction of sp³-hybridized carbons (Fsp3) is 0.957. The van der Waals surface area contributed by atoms with Crippen LogP contribution in [0.1, 0.15) is 122 Å². The summed E-state index contributed by atoms with van der Waals surface area (Å²) < 4.78 is 10.7. The summed E-state index contributed by atoms with van der Waals surface area (Å²) in [6, 6.07) is 0. The lowest BCUT2D eigenvalue weighted by Crippen LogP contribution is -2.17. The van der Waals surface area contributed by atoms with Crippen molar-refractivity contribution in [3.8, 4) is 0 Å². The van der Waals surface area contributed by atoms with Crippen molar-refractivity contribution in [2.24, 2.45) is 0 Å². The molecule has 0 aliphatic carbocycles. The lowest BCUT2D eigenvalue weighted by molar-refractivity contribution is -0.147. The predicted octanol–water partition coefficient (Wildman–Crippen LogP) is 6.97. The second-order valence-electron chi connectivity index (χ2n) is 8.02. The van der Waals surface area contributed by atoms with Gasteiger partial charge in [0.1, 0.15) is 6.61 Å². The van der Waals surface area contributed by atoms with Crippen molar-refractivity contribution < 1.29 is 14.3 Å². The maximum Gasteiger partial charge on any atom is 0.305 e. The highest BCUT2D eigenvalue weighted by Crippen LogP contribution is 2.15. The van der Waals surface area contributed by atoms with Crippen molar-refractivity contribution in [1.29, 1.82) is 0 Å². The molecule has 0 N–H and O–H groups in total. The van der Waals surface area contributed by atoms with E-state index in [4.69, 9.17) is 9.47 Å². The first-order valence-corrected chi connectivity index (χ1v) is 11.6. The Balaban J connectivity index is 1.70. The summed E-state index contributed by atoms with van der Waals surface area (Å²) in [6.07, 6.45) is 23.1. The van der Waals surface area contributed by atoms with Gasteiger partial charge in [0.25, 0.3) is 0 Å². The van der Waals surface area contributed by atoms with Gasteiger partial charge in [-0.1, -0.05) is 96.8 Å². The first-order valence-electron chi connectivity index (χ1n) is 11.6. The monoisotopic (exact) mass is 368 g/mol. The Morgan fingerprint density at radius 1 is 0.808 bits per heavy atom. The topological polar surface area (TPSA) is 35.5 Å². The van der Waals surface area contributed by atoms with Crippen molar-refractivity contribution >= 4 is 5.97 Å². The fourth-order valence-electron chi connectivity index (χ4n) is 3.67. The highest BCUT2D eigenvalue weighted by atomic mass is 16.6. The number of rotatable bonds is 18. The van der Waals surface area contributed by atoms with E-state index < -0.39 is 0 Å². The molecular weight excluding hydrogens is 324 g/mol. The molecule has 26 heavy (non-hydrogen) atoms. The Labute approximate surface area is 162 Å². The smallest absolute Gasteiger partial charge is 0.305 e. The van der Waals surface area contributed by atoms with Gasteiger partial charge in [0.2, 0.25) is 0 Å². The summed E-state index contributed by atoms with van der Waals surface area (Å²) in [6.45, 7) is 3.56. The highest BCUT2D eigenvalue weighted by Gasteiger charge is 2.17. The van der Waals surface area contributed by atoms with Gasteiger partial charge in [0.15, 0.2) is 0 Å². The number of unbranched alkanes of at least 4 members (excludes halogenated alkanes) is 14. The molecule has 0 saturated carbocycles. The average Bonchev–Trinajstić information content (AvgIpc) is 3.17. The van der Waals surface area contributed by atoms with Crippen LogP contribution in [-0.4, -0.2) is 25.3 Å². The van der Waals surface area contributed by atoms with E-state index in [0.717, 1.165) is 32.3 Å². The maximum atomic E-state index is 11.7. The highest BCUT2D eigenvalue weighted by molar-refractivity contribution is 5.69. The average molecular weight is 369 g/mol. The molecule has 1 fully saturated rings. The van der Waals surface area contributed by atoms with E-state index >= 15 is 0 Å². The van der Waals surface area contributed by atoms with Crippen LogP contribution in [0.25, 0.3) is 0 Å². The van der Waals surface area contributed by atoms with E-state index in [1.165, 1.54) is 83.5 Å². The van der Waals surface area contributed by atoms with Gasteiger partial charge in [-0.3, -0.25) is 4.79 Å². The minimum Gasteiger partial charge on any atom is -0.463 e. The molecule has 1 aliphatic heterocycles. The molecule has 0 aromatic carbocycles. The molecular formula is C23H44O3. The van der Waals surface area contributed by atoms with Crippen molar-refractivity contribution in [1.82, 2.24) is 0 Å². The van der Waals surface area contributed by atoms with Crippen LogP contribution in [0.4, 0.5) is 0 Å². The minimum atomic E-state index is -0.0461. The Bertz CT molecular complexity index is 311. The first-order chi connectivity index (χ1) is 12.8. The Morgan fingerprint density at radius 2 is 1.31 bits per heavy atom. The van der Waals surface area contributed by atoms with Crippen LogP contribution < -0.4 is 0 Å². The Morgan fingerprint density at radius 3 is 1.77 bits per heavy atom. The molecule has 0 aromatic rings. The summed E-state index contributed by atoms with van der Waals surface area (Å²) in [5.41, 5.74) is 0. The van der Waals surface area contributed by atoms with Crippen LogP contribution in [0.15, 0.2) is 0 Å². The lowest BCUT2D eigenvalue weighted by Gasteiger charge is -2.10. The molecule has 0 bridgehead atoms. The van der Waals surface area contributed by atoms with Gasteiger partial charge in [0.05, 0.1) is 6.10 Å². The maximum absolute atomic E-state index is 11.7. The summed E-state index contributed by atoms with van der Waals surface area (Å²) in [5, 5.41) is 0. The van der Waals surface area contributed by atoms with Crippen LogP contribution in [0.5, 0.6) is 0 Å². The Kier molecular flexibility index (Phi) is 16.1. The molecule has 0 aromatic heterocycles. The number of hydrogen-bond donors (Lipinski definition) is 0. The van der Waals surface area contributed by atoms with E-state index in [1.54, 1.807) is 0 Å². The SMILES string of the molecule is CCCCCCCCCCCCCCCCCC(=O)OC[C@H]1CCCO1. The minimum absolute atomic E-state index is 0.0461. The molecule has 0 unspecified atom stereocenters. The van der Waals surface area contributed by atoms with Gasteiger partial charge in [-0.15, -0.1) is 0 Å². The normalized spacial score (nSPS) is 16.9. The van der Waals surface area contributed by atoms with Crippen molar-refractivity contribution in [2.45, 2.75) is 129 Å². The fourth-order valence-corrected chi connectivity index (χ4v) is 3.67. The summed E-state index contributed by atoms with van der Waals surface area (Å²) in [7, 11) is 0. The zero-order chi connectivity index (χ0) is 18.7. The molecule has 1 aliphatic rings. The number of carbonyl (C=O) groups is 1. The molecule has 154 valence electrons. The van der Waals surface area contributed by atoms with Gasteiger partial charge < -0.3 is 9.47 Å². The van der Waals surface area contributed by atoms with E-state index in [2.05, 4.69) is 6.92 Å². The largest absolute Gasteiger partial charge is 0.463 e. The van der Waals surface area contributed by atoms with Crippen LogP contribution in [0, 0.1) is 0 Å². The van der Waals surface area contributed by atoms with Gasteiger partial charge in [0, 0.05) is 13.0 Å². The summed E-state index contributed by atoms with van der Waals surface area (Å²) >= 11 is 0. The standard InChI is InChI=1S/C23H44O3/c1-2-3-4-5-6-7-8-9-10-11-12-13-14-15-16-19-23(24)26-21-22-18-17-20-25-22/h22H,2-21H2,1H3/t22-/m1/s1. The number of ether oxygens (including phenoxy) is 2. The number of carbonyl (C=O) groups excluding carboxylic acids is 1. The molecule has 0 radical (unpaired) electrons. The Hall–Kier alpha value is -0.570. The number of esters is 1. The molecule has 0 spiro atoms. The third-order valence-electron chi connectivity index (χ3n) is 5.44. The second-order valence-corrected chi connectivity index (χ2v) is 8.02. The third kappa shape index (κ3) is 14.6. The summed E-state index contributed by atoms with van der Waals surface area (Å²) in [4.78, 5) is 11.7. The van der Waals surface area contributed by atoms with Gasteiger partial charge >= 0.3 is 5.97 Å². The molecule has 1 atom stereocenters. The van der Waals surface area contributed by atoms with Crippen molar-refractivity contribution in [3.05, 3.63) is 0 Å². The molecule has 1 rings (SSSR count). The molecule has 1 saturated heterocycles. The summed E-state index contributed by atoms with van der Waals surface area (Å²) in [5.74, 6) is -0.0461. The van der Waals surface area contributed by atoms with Crippen molar-refractivity contribution in [3.63, 3.8) is 0 Å². The van der Waals surface area contributed by atoms with Crippen LogP contribution in [-0.2, 0) is 14.3 Å². The second kappa shape index (κ2) is 17.8. The lowest BCUT2D eigenvalue weighted by atomic mass is 10.0. The van der Waals surface area contributed by atoms with Crippen LogP contribution >= 0.6 is 0 Å². The zero-order valence-electron chi connectivity index (χ0n) is 17.4. The number of hydrogen-bond acceptors (Lipinski definition) is 3. The van der Waals surface area contributed by atoms with Crippen LogP contribution in [0.2, 0.25) is 0 Å². The van der Waals surface area contributed by atoms with Gasteiger partial charge in [-0.25, -0.2) is 0 Å². The van der Waals surface area contributed by atoms with Crippen molar-refractivity contribution in [2.75, 3.05) is 13.2 Å². The van der Waals surface area contributed by atoms with E-state index in [0.29, 0.717) is 13.0 Å². The molecule has 3 heteroatoms. The van der Waals surface area contributed by atoms with Crippen LogP contribution in [0.3, 0.4) is 0 Å². The van der Waals surface area contributed by atoms with E-state index in [9.17, 15) is 4.79 Å². The third-order valence-corrected chi connectivity index (χ3v) is 5.44.